The van der Waals surface area contributed by atoms with Crippen LogP contribution in [-0.4, -0.2) is 37.4 Å². The number of carbonyl (C=O) groups excluding carboxylic acids is 1. The number of aromatic nitrogens is 2. The van der Waals surface area contributed by atoms with Gasteiger partial charge in [-0.1, -0.05) is 24.3 Å². The Labute approximate surface area is 225 Å². The van der Waals surface area contributed by atoms with Crippen LogP contribution in [0.15, 0.2) is 76.0 Å². The summed E-state index contributed by atoms with van der Waals surface area (Å²) in [5.41, 5.74) is 2.37. The Morgan fingerprint density at radius 2 is 1.90 bits per heavy atom. The minimum Gasteiger partial charge on any atom is -0.497 e. The first-order chi connectivity index (χ1) is 18.5. The zero-order valence-corrected chi connectivity index (χ0v) is 22.1. The van der Waals surface area contributed by atoms with Crippen molar-refractivity contribution in [3.63, 3.8) is 0 Å². The summed E-state index contributed by atoms with van der Waals surface area (Å²) in [4.78, 5) is 12.5. The van der Waals surface area contributed by atoms with E-state index in [2.05, 4.69) is 15.6 Å². The lowest BCUT2D eigenvalue weighted by atomic mass is 10.1. The standard InChI is InChI=1S/C25H21F3N4O5S2/c1-32-22(25(26,27)28)14-19(31-32)21-10-11-24(38-21)39(34,35)37-20-9-4-3-7-17(20)15-29-30-23(33)13-16-6-5-8-18(12-16)36-2/h3-12,14-15H,13H2,1-2H3,(H,30,33). The van der Waals surface area contributed by atoms with Crippen molar-refractivity contribution in [1.29, 1.82) is 0 Å². The maximum atomic E-state index is 13.1. The number of amides is 1. The van der Waals surface area contributed by atoms with Crippen molar-refractivity contribution in [2.24, 2.45) is 12.1 Å². The molecule has 0 spiro atoms. The van der Waals surface area contributed by atoms with E-state index in [1.54, 1.807) is 36.4 Å². The number of rotatable bonds is 9. The van der Waals surface area contributed by atoms with Gasteiger partial charge in [0.15, 0.2) is 9.96 Å². The number of carbonyl (C=O) groups is 1. The second-order valence-electron chi connectivity index (χ2n) is 8.05. The Kier molecular flexibility index (Phi) is 8.06. The van der Waals surface area contributed by atoms with E-state index in [4.69, 9.17) is 8.92 Å². The first-order valence-corrected chi connectivity index (χ1v) is 13.4. The molecule has 0 saturated carbocycles. The molecule has 204 valence electrons. The zero-order valence-electron chi connectivity index (χ0n) is 20.5. The van der Waals surface area contributed by atoms with Gasteiger partial charge >= 0.3 is 16.3 Å². The van der Waals surface area contributed by atoms with E-state index in [9.17, 15) is 26.4 Å². The Bertz CT molecular complexity index is 1630. The van der Waals surface area contributed by atoms with Gasteiger partial charge in [-0.3, -0.25) is 9.48 Å². The van der Waals surface area contributed by atoms with Crippen LogP contribution >= 0.6 is 11.3 Å². The number of halogens is 3. The predicted molar refractivity (Wildman–Crippen MR) is 138 cm³/mol. The highest BCUT2D eigenvalue weighted by molar-refractivity contribution is 7.89. The monoisotopic (exact) mass is 578 g/mol. The molecule has 4 aromatic rings. The third-order valence-corrected chi connectivity index (χ3v) is 8.05. The highest BCUT2D eigenvalue weighted by Crippen LogP contribution is 2.36. The second kappa shape index (κ2) is 11.3. The van der Waals surface area contributed by atoms with Crippen LogP contribution in [0.4, 0.5) is 13.2 Å². The molecule has 0 aliphatic rings. The van der Waals surface area contributed by atoms with Crippen LogP contribution in [0, 0.1) is 0 Å². The zero-order chi connectivity index (χ0) is 28.2. The molecule has 0 aliphatic heterocycles. The first kappa shape index (κ1) is 27.9. The normalized spacial score (nSPS) is 12.0. The quantitative estimate of drug-likeness (QED) is 0.176. The number of ether oxygens (including phenoxy) is 1. The van der Waals surface area contributed by atoms with Gasteiger partial charge in [0.25, 0.3) is 0 Å². The van der Waals surface area contributed by atoms with E-state index in [0.717, 1.165) is 24.5 Å². The number of thiophene rings is 1. The van der Waals surface area contributed by atoms with Gasteiger partial charge in [-0.25, -0.2) is 5.43 Å². The Morgan fingerprint density at radius 3 is 2.62 bits per heavy atom. The fourth-order valence-electron chi connectivity index (χ4n) is 3.45. The van der Waals surface area contributed by atoms with Crippen LogP contribution in [-0.2, 0) is 34.6 Å². The summed E-state index contributed by atoms with van der Waals surface area (Å²) < 4.78 is 76.0. The number of para-hydroxylation sites is 1. The summed E-state index contributed by atoms with van der Waals surface area (Å²) in [6, 6.07) is 16.5. The van der Waals surface area contributed by atoms with Gasteiger partial charge in [-0.15, -0.1) is 11.3 Å². The summed E-state index contributed by atoms with van der Waals surface area (Å²) in [7, 11) is -1.67. The summed E-state index contributed by atoms with van der Waals surface area (Å²) in [5, 5.41) is 7.72. The molecular formula is C25H21F3N4O5S2. The fraction of sp³-hybridized carbons (Fsp3) is 0.160. The van der Waals surface area contributed by atoms with Crippen molar-refractivity contribution < 1.29 is 35.3 Å². The van der Waals surface area contributed by atoms with Gasteiger partial charge in [0.05, 0.1) is 24.6 Å². The molecule has 2 aromatic carbocycles. The molecule has 2 aromatic heterocycles. The van der Waals surface area contributed by atoms with Crippen molar-refractivity contribution in [3.8, 4) is 22.1 Å². The molecule has 0 bridgehead atoms. The maximum absolute atomic E-state index is 13.1. The second-order valence-corrected chi connectivity index (χ2v) is 10.9. The number of methoxy groups -OCH3 is 1. The Hall–Kier alpha value is -4.17. The van der Waals surface area contributed by atoms with Crippen LogP contribution in [0.2, 0.25) is 0 Å². The van der Waals surface area contributed by atoms with E-state index in [0.29, 0.717) is 16.0 Å². The van der Waals surface area contributed by atoms with E-state index in [1.807, 2.05) is 0 Å². The van der Waals surface area contributed by atoms with Gasteiger partial charge in [0.1, 0.15) is 17.1 Å². The topological polar surface area (TPSA) is 112 Å². The van der Waals surface area contributed by atoms with Gasteiger partial charge in [-0.05, 0) is 48.0 Å². The summed E-state index contributed by atoms with van der Waals surface area (Å²) >= 11 is 0.720. The van der Waals surface area contributed by atoms with Crippen molar-refractivity contribution in [3.05, 3.63) is 83.6 Å². The SMILES string of the molecule is COc1cccc(CC(=O)NN=Cc2ccccc2OS(=O)(=O)c2ccc(-c3cc(C(F)(F)F)n(C)n3)s2)c1. The number of nitrogens with one attached hydrogen (secondary N) is 1. The van der Waals surface area contributed by atoms with Crippen molar-refractivity contribution in [1.82, 2.24) is 15.2 Å². The average molecular weight is 579 g/mol. The molecule has 4 rings (SSSR count). The highest BCUT2D eigenvalue weighted by atomic mass is 32.3. The van der Waals surface area contributed by atoms with Crippen LogP contribution in [0.5, 0.6) is 11.5 Å². The number of hydrazone groups is 1. The smallest absolute Gasteiger partial charge is 0.433 e. The Balaban J connectivity index is 1.46. The lowest BCUT2D eigenvalue weighted by Crippen LogP contribution is -2.19. The van der Waals surface area contributed by atoms with Crippen LogP contribution in [0.1, 0.15) is 16.8 Å². The average Bonchev–Trinajstić information content (AvgIpc) is 3.52. The third-order valence-electron chi connectivity index (χ3n) is 5.26. The molecule has 0 aliphatic carbocycles. The van der Waals surface area contributed by atoms with E-state index in [1.165, 1.54) is 37.6 Å². The van der Waals surface area contributed by atoms with Crippen molar-refractivity contribution in [2.45, 2.75) is 16.8 Å². The van der Waals surface area contributed by atoms with Gasteiger partial charge in [-0.2, -0.15) is 31.8 Å². The number of benzene rings is 2. The molecule has 0 radical (unpaired) electrons. The van der Waals surface area contributed by atoms with Gasteiger partial charge in [0, 0.05) is 12.6 Å². The summed E-state index contributed by atoms with van der Waals surface area (Å²) in [5.74, 6) is 0.148. The first-order valence-electron chi connectivity index (χ1n) is 11.2. The molecule has 1 N–H and O–H groups in total. The fourth-order valence-corrected chi connectivity index (χ4v) is 5.63. The lowest BCUT2D eigenvalue weighted by molar-refractivity contribution is -0.143. The largest absolute Gasteiger partial charge is 0.497 e. The summed E-state index contributed by atoms with van der Waals surface area (Å²) in [6.45, 7) is 0. The predicted octanol–water partition coefficient (Wildman–Crippen LogP) is 4.64. The number of nitrogens with zero attached hydrogens (tertiary/aromatic N) is 3. The minimum atomic E-state index is -4.60. The van der Waals surface area contributed by atoms with Crippen molar-refractivity contribution >= 4 is 33.6 Å². The number of hydrogen-bond acceptors (Lipinski definition) is 8. The van der Waals surface area contributed by atoms with Gasteiger partial charge in [0.2, 0.25) is 5.91 Å². The molecule has 2 heterocycles. The molecule has 0 atom stereocenters. The molecule has 1 amide bonds. The minimum absolute atomic E-state index is 0.0199. The summed E-state index contributed by atoms with van der Waals surface area (Å²) in [6.07, 6.45) is -3.32. The van der Waals surface area contributed by atoms with E-state index >= 15 is 0 Å². The molecule has 39 heavy (non-hydrogen) atoms. The molecule has 9 nitrogen and oxygen atoms in total. The highest BCUT2D eigenvalue weighted by Gasteiger charge is 2.35. The van der Waals surface area contributed by atoms with E-state index in [-0.39, 0.29) is 32.5 Å². The molecule has 0 unspecified atom stereocenters. The lowest BCUT2D eigenvalue weighted by Gasteiger charge is -2.08. The number of hydrogen-bond donors (Lipinski definition) is 1. The number of alkyl halides is 3. The Morgan fingerprint density at radius 1 is 1.13 bits per heavy atom. The third kappa shape index (κ3) is 6.83. The van der Waals surface area contributed by atoms with Crippen LogP contribution in [0.3, 0.4) is 0 Å². The van der Waals surface area contributed by atoms with Crippen LogP contribution in [0.25, 0.3) is 10.6 Å². The molecular weight excluding hydrogens is 557 g/mol. The molecule has 0 fully saturated rings. The van der Waals surface area contributed by atoms with Gasteiger partial charge < -0.3 is 8.92 Å². The molecule has 0 saturated heterocycles. The maximum Gasteiger partial charge on any atom is 0.433 e. The van der Waals surface area contributed by atoms with E-state index < -0.39 is 27.9 Å². The van der Waals surface area contributed by atoms with Crippen LogP contribution < -0.4 is 14.3 Å². The number of aryl methyl sites for hydroxylation is 1. The molecule has 14 heteroatoms. The van der Waals surface area contributed by atoms with Crippen molar-refractivity contribution in [2.75, 3.05) is 7.11 Å².